The lowest BCUT2D eigenvalue weighted by Gasteiger charge is -2.19. The van der Waals surface area contributed by atoms with Crippen LogP contribution in [0.2, 0.25) is 0 Å². The normalized spacial score (nSPS) is 10.5. The second-order valence-electron chi connectivity index (χ2n) is 4.20. The summed E-state index contributed by atoms with van der Waals surface area (Å²) in [7, 11) is 1.81. The van der Waals surface area contributed by atoms with Gasteiger partial charge >= 0.3 is 0 Å². The van der Waals surface area contributed by atoms with Crippen molar-refractivity contribution in [2.24, 2.45) is 0 Å². The zero-order valence-corrected chi connectivity index (χ0v) is 14.7. The van der Waals surface area contributed by atoms with Crippen molar-refractivity contribution in [3.63, 3.8) is 0 Å². The minimum atomic E-state index is 0.585. The molecule has 0 aliphatic rings. The van der Waals surface area contributed by atoms with Crippen LogP contribution >= 0.6 is 27.7 Å². The maximum Gasteiger partial charge on any atom is 0.231 e. The van der Waals surface area contributed by atoms with Crippen LogP contribution in [0, 0.1) is 0 Å². The van der Waals surface area contributed by atoms with E-state index in [2.05, 4.69) is 54.9 Å². The van der Waals surface area contributed by atoms with Gasteiger partial charge in [-0.05, 0) is 53.7 Å². The van der Waals surface area contributed by atoms with Crippen LogP contribution in [0.1, 0.15) is 13.8 Å². The van der Waals surface area contributed by atoms with Gasteiger partial charge in [0.25, 0.3) is 0 Å². The summed E-state index contributed by atoms with van der Waals surface area (Å²) in [5.41, 5.74) is 0. The Balaban J connectivity index is 2.35. The monoisotopic (exact) mass is 367 g/mol. The molecule has 1 aromatic heterocycles. The smallest absolute Gasteiger partial charge is 0.231 e. The van der Waals surface area contributed by atoms with Crippen LogP contribution in [0.15, 0.2) is 38.8 Å². The van der Waals surface area contributed by atoms with Crippen molar-refractivity contribution in [3.05, 3.63) is 28.7 Å². The zero-order valence-electron chi connectivity index (χ0n) is 12.3. The van der Waals surface area contributed by atoms with Crippen molar-refractivity contribution in [2.45, 2.75) is 23.9 Å². The molecule has 1 heterocycles. The Hall–Kier alpha value is -1.34. The molecule has 0 saturated carbocycles. The van der Waals surface area contributed by atoms with E-state index < -0.39 is 0 Å². The van der Waals surface area contributed by atoms with Crippen LogP contribution in [0.4, 0.5) is 11.9 Å². The number of rotatable bonds is 6. The van der Waals surface area contributed by atoms with Crippen LogP contribution in [0.5, 0.6) is 0 Å². The lowest BCUT2D eigenvalue weighted by Crippen LogP contribution is -2.25. The second kappa shape index (κ2) is 7.61. The first-order chi connectivity index (χ1) is 10.2. The van der Waals surface area contributed by atoms with Gasteiger partial charge in [-0.15, -0.1) is 0 Å². The van der Waals surface area contributed by atoms with Gasteiger partial charge in [0.05, 0.1) is 0 Å². The summed E-state index contributed by atoms with van der Waals surface area (Å²) in [6.07, 6.45) is 0. The molecule has 0 bridgehead atoms. The first-order valence-corrected chi connectivity index (χ1v) is 8.40. The molecular weight excluding hydrogens is 350 g/mol. The third-order valence-corrected chi connectivity index (χ3v) is 4.81. The molecule has 1 N–H and O–H groups in total. The summed E-state index contributed by atoms with van der Waals surface area (Å²) in [5.74, 6) is 1.29. The Labute approximate surface area is 137 Å². The summed E-state index contributed by atoms with van der Waals surface area (Å²) < 4.78 is 1.03. The topological polar surface area (TPSA) is 53.9 Å². The molecule has 0 saturated heterocycles. The van der Waals surface area contributed by atoms with Gasteiger partial charge in [-0.25, -0.2) is 0 Å². The zero-order chi connectivity index (χ0) is 15.2. The van der Waals surface area contributed by atoms with Gasteiger partial charge in [-0.3, -0.25) is 0 Å². The van der Waals surface area contributed by atoms with Gasteiger partial charge < -0.3 is 10.2 Å². The maximum atomic E-state index is 4.57. The fraction of sp³-hybridized carbons (Fsp3) is 0.357. The third kappa shape index (κ3) is 4.07. The molecule has 0 fully saturated rings. The third-order valence-electron chi connectivity index (χ3n) is 2.91. The number of anilines is 2. The van der Waals surface area contributed by atoms with Gasteiger partial charge in [-0.2, -0.15) is 15.0 Å². The Morgan fingerprint density at radius 2 is 1.86 bits per heavy atom. The number of aromatic nitrogens is 3. The molecule has 7 heteroatoms. The molecule has 0 amide bonds. The van der Waals surface area contributed by atoms with E-state index in [0.29, 0.717) is 17.1 Å². The largest absolute Gasteiger partial charge is 0.357 e. The number of benzene rings is 1. The van der Waals surface area contributed by atoms with Crippen LogP contribution < -0.4 is 10.2 Å². The highest BCUT2D eigenvalue weighted by molar-refractivity contribution is 9.10. The molecular formula is C14H18BrN5S. The number of nitrogens with one attached hydrogen (secondary N) is 1. The van der Waals surface area contributed by atoms with Crippen molar-refractivity contribution in [1.82, 2.24) is 15.0 Å². The standard InChI is InChI=1S/C14H18BrN5S/c1-4-20(5-2)13-17-12(16-3)18-14(19-13)21-11-9-7-6-8-10(11)15/h6-9H,4-5H2,1-3H3,(H,16,17,18,19). The van der Waals surface area contributed by atoms with Gasteiger partial charge in [0.1, 0.15) is 0 Å². The highest BCUT2D eigenvalue weighted by atomic mass is 79.9. The van der Waals surface area contributed by atoms with E-state index >= 15 is 0 Å². The van der Waals surface area contributed by atoms with E-state index in [1.165, 1.54) is 11.8 Å². The molecule has 112 valence electrons. The Kier molecular flexibility index (Phi) is 5.81. The molecule has 21 heavy (non-hydrogen) atoms. The summed E-state index contributed by atoms with van der Waals surface area (Å²) in [6.45, 7) is 5.91. The molecule has 0 atom stereocenters. The van der Waals surface area contributed by atoms with Crippen molar-refractivity contribution in [3.8, 4) is 0 Å². The number of halogens is 1. The average Bonchev–Trinajstić information content (AvgIpc) is 2.50. The van der Waals surface area contributed by atoms with Crippen molar-refractivity contribution < 1.29 is 0 Å². The van der Waals surface area contributed by atoms with Gasteiger partial charge in [0, 0.05) is 29.5 Å². The SMILES string of the molecule is CCN(CC)c1nc(NC)nc(Sc2ccccc2Br)n1. The fourth-order valence-corrected chi connectivity index (χ4v) is 3.07. The highest BCUT2D eigenvalue weighted by Crippen LogP contribution is 2.32. The predicted molar refractivity (Wildman–Crippen MR) is 91.2 cm³/mol. The molecule has 0 unspecified atom stereocenters. The second-order valence-corrected chi connectivity index (χ2v) is 6.06. The Bertz CT molecular complexity index is 604. The lowest BCUT2D eigenvalue weighted by atomic mass is 10.4. The summed E-state index contributed by atoms with van der Waals surface area (Å²) >= 11 is 5.07. The summed E-state index contributed by atoms with van der Waals surface area (Å²) in [6, 6.07) is 8.03. The van der Waals surface area contributed by atoms with Crippen molar-refractivity contribution in [1.29, 1.82) is 0 Å². The van der Waals surface area contributed by atoms with E-state index in [1.54, 1.807) is 0 Å². The van der Waals surface area contributed by atoms with E-state index in [0.717, 1.165) is 22.5 Å². The number of hydrogen-bond acceptors (Lipinski definition) is 6. The van der Waals surface area contributed by atoms with E-state index in [9.17, 15) is 0 Å². The molecule has 0 aliphatic heterocycles. The molecule has 2 rings (SSSR count). The van der Waals surface area contributed by atoms with E-state index in [-0.39, 0.29) is 0 Å². The number of nitrogens with zero attached hydrogens (tertiary/aromatic N) is 4. The van der Waals surface area contributed by atoms with Gasteiger partial charge in [-0.1, -0.05) is 12.1 Å². The molecule has 0 spiro atoms. The Morgan fingerprint density at radius 3 is 2.48 bits per heavy atom. The first kappa shape index (κ1) is 16.0. The lowest BCUT2D eigenvalue weighted by molar-refractivity contribution is 0.784. The van der Waals surface area contributed by atoms with Crippen molar-refractivity contribution in [2.75, 3.05) is 30.4 Å². The number of hydrogen-bond donors (Lipinski definition) is 1. The van der Waals surface area contributed by atoms with Crippen LogP contribution in [-0.2, 0) is 0 Å². The summed E-state index contributed by atoms with van der Waals surface area (Å²) in [4.78, 5) is 16.6. The summed E-state index contributed by atoms with van der Waals surface area (Å²) in [5, 5.41) is 3.68. The van der Waals surface area contributed by atoms with E-state index in [4.69, 9.17) is 0 Å². The quantitative estimate of drug-likeness (QED) is 0.840. The van der Waals surface area contributed by atoms with Crippen LogP contribution in [0.25, 0.3) is 0 Å². The van der Waals surface area contributed by atoms with Gasteiger partial charge in [0.15, 0.2) is 5.16 Å². The van der Waals surface area contributed by atoms with Crippen LogP contribution in [0.3, 0.4) is 0 Å². The molecule has 2 aromatic rings. The molecule has 0 radical (unpaired) electrons. The fourth-order valence-electron chi connectivity index (χ4n) is 1.78. The Morgan fingerprint density at radius 1 is 1.14 bits per heavy atom. The molecule has 1 aromatic carbocycles. The molecule has 5 nitrogen and oxygen atoms in total. The average molecular weight is 368 g/mol. The van der Waals surface area contributed by atoms with E-state index in [1.807, 2.05) is 31.3 Å². The van der Waals surface area contributed by atoms with Crippen LogP contribution in [-0.4, -0.2) is 35.1 Å². The highest BCUT2D eigenvalue weighted by Gasteiger charge is 2.12. The van der Waals surface area contributed by atoms with Crippen molar-refractivity contribution >= 4 is 39.6 Å². The minimum Gasteiger partial charge on any atom is -0.357 e. The van der Waals surface area contributed by atoms with Gasteiger partial charge in [0.2, 0.25) is 11.9 Å². The molecule has 0 aliphatic carbocycles. The minimum absolute atomic E-state index is 0.585. The first-order valence-electron chi connectivity index (χ1n) is 6.79. The maximum absolute atomic E-state index is 4.57. The predicted octanol–water partition coefficient (Wildman–Crippen LogP) is 3.67.